The second-order valence-electron chi connectivity index (χ2n) is 7.11. The fourth-order valence-corrected chi connectivity index (χ4v) is 3.44. The summed E-state index contributed by atoms with van der Waals surface area (Å²) in [6.45, 7) is 11.8. The molecule has 1 N–H and O–H groups in total. The van der Waals surface area contributed by atoms with Crippen molar-refractivity contribution in [2.75, 3.05) is 31.2 Å². The summed E-state index contributed by atoms with van der Waals surface area (Å²) in [5.74, 6) is 1.64. The van der Waals surface area contributed by atoms with E-state index in [4.69, 9.17) is 9.84 Å². The molecule has 3 heterocycles. The van der Waals surface area contributed by atoms with E-state index in [1.54, 1.807) is 0 Å². The molecular weight excluding hydrogens is 316 g/mol. The summed E-state index contributed by atoms with van der Waals surface area (Å²) in [5.41, 5.74) is 2.50. The van der Waals surface area contributed by atoms with Crippen molar-refractivity contribution in [3.8, 4) is 0 Å². The molecule has 7 nitrogen and oxygen atoms in total. The predicted molar refractivity (Wildman–Crippen MR) is 98.9 cm³/mol. The first-order valence-corrected chi connectivity index (χ1v) is 9.13. The van der Waals surface area contributed by atoms with Gasteiger partial charge in [0.2, 0.25) is 0 Å². The van der Waals surface area contributed by atoms with Crippen LogP contribution in [0.25, 0.3) is 0 Å². The van der Waals surface area contributed by atoms with Gasteiger partial charge < -0.3 is 19.5 Å². The Morgan fingerprint density at radius 3 is 2.64 bits per heavy atom. The Morgan fingerprint density at radius 1 is 1.24 bits per heavy atom. The number of rotatable bonds is 7. The van der Waals surface area contributed by atoms with Gasteiger partial charge in [-0.1, -0.05) is 13.8 Å². The van der Waals surface area contributed by atoms with Gasteiger partial charge in [-0.05, 0) is 12.8 Å². The average molecular weight is 346 g/mol. The van der Waals surface area contributed by atoms with Crippen molar-refractivity contribution in [1.82, 2.24) is 24.6 Å². The molecule has 1 atom stereocenters. The molecule has 3 rings (SSSR count). The summed E-state index contributed by atoms with van der Waals surface area (Å²) < 4.78 is 9.66. The van der Waals surface area contributed by atoms with Crippen LogP contribution in [0.1, 0.15) is 37.9 Å². The van der Waals surface area contributed by atoms with E-state index in [1.807, 2.05) is 23.4 Å². The molecular formula is C18H30N6O. The smallest absolute Gasteiger partial charge is 0.131 e. The quantitative estimate of drug-likeness (QED) is 0.828. The highest BCUT2D eigenvalue weighted by Crippen LogP contribution is 2.29. The van der Waals surface area contributed by atoms with Gasteiger partial charge in [-0.25, -0.2) is 4.98 Å². The van der Waals surface area contributed by atoms with E-state index in [9.17, 15) is 0 Å². The molecule has 0 spiro atoms. The molecule has 2 aromatic rings. The molecule has 1 aliphatic rings. The van der Waals surface area contributed by atoms with E-state index < -0.39 is 0 Å². The Labute approximate surface area is 150 Å². The largest absolute Gasteiger partial charge is 0.378 e. The molecule has 1 saturated heterocycles. The van der Waals surface area contributed by atoms with Crippen molar-refractivity contribution in [2.24, 2.45) is 7.05 Å². The highest BCUT2D eigenvalue weighted by Gasteiger charge is 2.24. The monoisotopic (exact) mass is 346 g/mol. The number of aryl methyl sites for hydroxylation is 1. The minimum Gasteiger partial charge on any atom is -0.378 e. The summed E-state index contributed by atoms with van der Waals surface area (Å²) in [6.07, 6.45) is 5.68. The molecule has 0 bridgehead atoms. The molecule has 0 aliphatic carbocycles. The van der Waals surface area contributed by atoms with Crippen molar-refractivity contribution in [3.63, 3.8) is 0 Å². The topological polar surface area (TPSA) is 60.1 Å². The lowest BCUT2D eigenvalue weighted by Crippen LogP contribution is -2.38. The number of morpholine rings is 1. The normalized spacial score (nSPS) is 16.6. The molecule has 2 aromatic heterocycles. The zero-order chi connectivity index (χ0) is 17.8. The number of anilines is 1. The van der Waals surface area contributed by atoms with Gasteiger partial charge in [0.15, 0.2) is 0 Å². The fraction of sp³-hybridized carbons (Fsp3) is 0.667. The van der Waals surface area contributed by atoms with Gasteiger partial charge in [-0.15, -0.1) is 0 Å². The van der Waals surface area contributed by atoms with Crippen molar-refractivity contribution in [3.05, 3.63) is 30.0 Å². The highest BCUT2D eigenvalue weighted by atomic mass is 16.5. The molecule has 0 saturated carbocycles. The lowest BCUT2D eigenvalue weighted by molar-refractivity contribution is 0.122. The molecule has 25 heavy (non-hydrogen) atoms. The second kappa shape index (κ2) is 8.01. The van der Waals surface area contributed by atoms with E-state index in [0.29, 0.717) is 12.0 Å². The highest BCUT2D eigenvalue weighted by molar-refractivity contribution is 5.51. The van der Waals surface area contributed by atoms with Gasteiger partial charge in [0, 0.05) is 57.2 Å². The number of nitrogens with one attached hydrogen (secondary N) is 1. The van der Waals surface area contributed by atoms with E-state index in [1.165, 1.54) is 17.1 Å². The Hall–Kier alpha value is -1.86. The molecule has 1 aliphatic heterocycles. The van der Waals surface area contributed by atoms with Crippen LogP contribution in [0.2, 0.25) is 0 Å². The van der Waals surface area contributed by atoms with Crippen molar-refractivity contribution in [2.45, 2.75) is 45.8 Å². The Morgan fingerprint density at radius 2 is 2.00 bits per heavy atom. The number of aromatic nitrogens is 4. The first-order valence-electron chi connectivity index (χ1n) is 9.13. The maximum absolute atomic E-state index is 5.52. The summed E-state index contributed by atoms with van der Waals surface area (Å²) in [6, 6.07) is 0.354. The van der Waals surface area contributed by atoms with Crippen LogP contribution in [-0.2, 0) is 24.9 Å². The zero-order valence-electron chi connectivity index (χ0n) is 15.8. The minimum atomic E-state index is 0.354. The maximum atomic E-state index is 5.52. The van der Waals surface area contributed by atoms with E-state index in [-0.39, 0.29) is 0 Å². The first-order chi connectivity index (χ1) is 12.1. The standard InChI is InChI=1S/C18H30N6O/c1-14(2)17-16(11-20-15(3)12-23-6-5-19-13-23)18(22(4)21-17)24-7-9-25-10-8-24/h5-6,13-15,20H,7-12H2,1-4H3. The average Bonchev–Trinajstić information content (AvgIpc) is 3.21. The van der Waals surface area contributed by atoms with Crippen LogP contribution in [0.5, 0.6) is 0 Å². The lowest BCUT2D eigenvalue weighted by atomic mass is 10.0. The maximum Gasteiger partial charge on any atom is 0.131 e. The summed E-state index contributed by atoms with van der Waals surface area (Å²) >= 11 is 0. The molecule has 138 valence electrons. The second-order valence-corrected chi connectivity index (χ2v) is 7.11. The number of ether oxygens (including phenoxy) is 1. The van der Waals surface area contributed by atoms with Crippen molar-refractivity contribution < 1.29 is 4.74 Å². The van der Waals surface area contributed by atoms with E-state index >= 15 is 0 Å². The number of hydrogen-bond donors (Lipinski definition) is 1. The molecule has 0 radical (unpaired) electrons. The predicted octanol–water partition coefficient (Wildman–Crippen LogP) is 1.75. The van der Waals surface area contributed by atoms with Crippen LogP contribution >= 0.6 is 0 Å². The first kappa shape index (κ1) is 17.9. The summed E-state index contributed by atoms with van der Waals surface area (Å²) in [5, 5.41) is 8.48. The van der Waals surface area contributed by atoms with Crippen LogP contribution in [0, 0.1) is 0 Å². The van der Waals surface area contributed by atoms with Crippen LogP contribution < -0.4 is 10.2 Å². The Kier molecular flexibility index (Phi) is 5.75. The lowest BCUT2D eigenvalue weighted by Gasteiger charge is -2.30. The van der Waals surface area contributed by atoms with Gasteiger partial charge in [-0.2, -0.15) is 5.10 Å². The van der Waals surface area contributed by atoms with E-state index in [0.717, 1.165) is 39.4 Å². The van der Waals surface area contributed by atoms with Crippen LogP contribution in [0.15, 0.2) is 18.7 Å². The van der Waals surface area contributed by atoms with Crippen LogP contribution in [-0.4, -0.2) is 51.7 Å². The van der Waals surface area contributed by atoms with E-state index in [2.05, 4.69) is 47.6 Å². The number of hydrogen-bond acceptors (Lipinski definition) is 5. The molecule has 0 aromatic carbocycles. The van der Waals surface area contributed by atoms with Gasteiger partial charge in [0.25, 0.3) is 0 Å². The third kappa shape index (κ3) is 4.22. The Bertz CT molecular complexity index is 657. The van der Waals surface area contributed by atoms with Crippen LogP contribution in [0.3, 0.4) is 0 Å². The molecule has 0 amide bonds. The number of nitrogens with zero attached hydrogens (tertiary/aromatic N) is 5. The zero-order valence-corrected chi connectivity index (χ0v) is 15.8. The minimum absolute atomic E-state index is 0.354. The summed E-state index contributed by atoms with van der Waals surface area (Å²) in [7, 11) is 2.05. The SMILES string of the molecule is CC(Cn1ccnc1)NCc1c(C(C)C)nn(C)c1N1CCOCC1. The molecule has 1 fully saturated rings. The van der Waals surface area contributed by atoms with Gasteiger partial charge in [-0.3, -0.25) is 4.68 Å². The summed E-state index contributed by atoms with van der Waals surface area (Å²) in [4.78, 5) is 6.52. The van der Waals surface area contributed by atoms with Crippen molar-refractivity contribution >= 4 is 5.82 Å². The third-order valence-electron chi connectivity index (χ3n) is 4.67. The van der Waals surface area contributed by atoms with Gasteiger partial charge in [0.05, 0.1) is 25.2 Å². The molecule has 7 heteroatoms. The number of imidazole rings is 1. The van der Waals surface area contributed by atoms with Crippen molar-refractivity contribution in [1.29, 1.82) is 0 Å². The van der Waals surface area contributed by atoms with Gasteiger partial charge in [0.1, 0.15) is 5.82 Å². The van der Waals surface area contributed by atoms with Gasteiger partial charge >= 0.3 is 0 Å². The Balaban J connectivity index is 1.75. The molecule has 1 unspecified atom stereocenters. The van der Waals surface area contributed by atoms with Crippen LogP contribution in [0.4, 0.5) is 5.82 Å². The third-order valence-corrected chi connectivity index (χ3v) is 4.67. The fourth-order valence-electron chi connectivity index (χ4n) is 3.44.